The molecule has 1 N–H and O–H groups in total. The predicted octanol–water partition coefficient (Wildman–Crippen LogP) is 3.78. The lowest BCUT2D eigenvalue weighted by Gasteiger charge is -2.31. The summed E-state index contributed by atoms with van der Waals surface area (Å²) in [5.74, 6) is 0.930. The summed E-state index contributed by atoms with van der Waals surface area (Å²) in [4.78, 5) is 12.6. The second kappa shape index (κ2) is 9.83. The molecule has 3 rings (SSSR count). The molecule has 1 aliphatic rings. The zero-order valence-corrected chi connectivity index (χ0v) is 19.5. The highest BCUT2D eigenvalue weighted by Gasteiger charge is 2.29. The van der Waals surface area contributed by atoms with Crippen molar-refractivity contribution < 1.29 is 17.9 Å². The molecule has 0 atom stereocenters. The van der Waals surface area contributed by atoms with E-state index in [4.69, 9.17) is 4.74 Å². The van der Waals surface area contributed by atoms with E-state index in [1.165, 1.54) is 9.87 Å². The molecule has 2 aromatic carbocycles. The van der Waals surface area contributed by atoms with Gasteiger partial charge in [0.15, 0.2) is 6.61 Å². The van der Waals surface area contributed by atoms with Crippen molar-refractivity contribution in [2.45, 2.75) is 57.4 Å². The lowest BCUT2D eigenvalue weighted by Crippen LogP contribution is -2.47. The fraction of sp³-hybridized carbons (Fsp3) is 0.458. The molecule has 2 aromatic rings. The molecule has 0 saturated carbocycles. The first-order chi connectivity index (χ1) is 14.7. The van der Waals surface area contributed by atoms with Gasteiger partial charge < -0.3 is 10.1 Å². The predicted molar refractivity (Wildman–Crippen MR) is 122 cm³/mol. The SMILES string of the molecule is Cc1ccc(S(=O)(=O)N2CCC(NC(=O)COc3ccc(C(C)C)c(C)c3)CC2)cc1. The maximum Gasteiger partial charge on any atom is 0.258 e. The van der Waals surface area contributed by atoms with Crippen LogP contribution in [-0.2, 0) is 14.8 Å². The van der Waals surface area contributed by atoms with Crippen LogP contribution in [0.2, 0.25) is 0 Å². The molecular weight excluding hydrogens is 412 g/mol. The second-order valence-corrected chi connectivity index (χ2v) is 10.5. The Kier molecular flexibility index (Phi) is 7.38. The Bertz CT molecular complexity index is 1010. The second-order valence-electron chi connectivity index (χ2n) is 8.52. The van der Waals surface area contributed by atoms with Crippen LogP contribution in [0, 0.1) is 13.8 Å². The molecule has 0 bridgehead atoms. The van der Waals surface area contributed by atoms with Gasteiger partial charge in [0.2, 0.25) is 10.0 Å². The highest BCUT2D eigenvalue weighted by Crippen LogP contribution is 2.24. The standard InChI is InChI=1S/C24H32N2O4S/c1-17(2)23-10-7-21(15-19(23)4)30-16-24(27)25-20-11-13-26(14-12-20)31(28,29)22-8-5-18(3)6-9-22/h5-10,15,17,20H,11-14,16H2,1-4H3,(H,25,27). The minimum absolute atomic E-state index is 0.0504. The number of aryl methyl sites for hydroxylation is 2. The van der Waals surface area contributed by atoms with Crippen LogP contribution in [0.3, 0.4) is 0 Å². The maximum atomic E-state index is 12.8. The molecule has 0 unspecified atom stereocenters. The van der Waals surface area contributed by atoms with Gasteiger partial charge in [0.05, 0.1) is 4.90 Å². The number of hydrogen-bond acceptors (Lipinski definition) is 4. The van der Waals surface area contributed by atoms with Gasteiger partial charge in [0, 0.05) is 19.1 Å². The van der Waals surface area contributed by atoms with Crippen LogP contribution in [0.15, 0.2) is 47.4 Å². The number of nitrogens with one attached hydrogen (secondary N) is 1. The maximum absolute atomic E-state index is 12.8. The third-order valence-electron chi connectivity index (χ3n) is 5.71. The molecule has 0 aromatic heterocycles. The Morgan fingerprint density at radius 2 is 1.74 bits per heavy atom. The molecule has 0 spiro atoms. The quantitative estimate of drug-likeness (QED) is 0.705. The number of carbonyl (C=O) groups excluding carboxylic acids is 1. The molecule has 168 valence electrons. The summed E-state index contributed by atoms with van der Waals surface area (Å²) in [6.45, 7) is 8.98. The number of benzene rings is 2. The fourth-order valence-corrected chi connectivity index (χ4v) is 5.37. The summed E-state index contributed by atoms with van der Waals surface area (Å²) in [7, 11) is -3.49. The van der Waals surface area contributed by atoms with Crippen molar-refractivity contribution in [2.75, 3.05) is 19.7 Å². The van der Waals surface area contributed by atoms with Gasteiger partial charge in [0.1, 0.15) is 5.75 Å². The van der Waals surface area contributed by atoms with Gasteiger partial charge in [-0.1, -0.05) is 37.6 Å². The molecule has 7 heteroatoms. The van der Waals surface area contributed by atoms with E-state index < -0.39 is 10.0 Å². The molecular formula is C24H32N2O4S. The Morgan fingerprint density at radius 3 is 2.32 bits per heavy atom. The summed E-state index contributed by atoms with van der Waals surface area (Å²) >= 11 is 0. The first-order valence-corrected chi connectivity index (χ1v) is 12.2. The highest BCUT2D eigenvalue weighted by atomic mass is 32.2. The zero-order valence-electron chi connectivity index (χ0n) is 18.7. The van der Waals surface area contributed by atoms with E-state index in [1.54, 1.807) is 24.3 Å². The number of nitrogens with zero attached hydrogens (tertiary/aromatic N) is 1. The molecule has 1 fully saturated rings. The first kappa shape index (κ1) is 23.3. The van der Waals surface area contributed by atoms with E-state index >= 15 is 0 Å². The number of piperidine rings is 1. The Labute approximate surface area is 185 Å². The molecule has 0 radical (unpaired) electrons. The minimum Gasteiger partial charge on any atom is -0.484 e. The first-order valence-electron chi connectivity index (χ1n) is 10.8. The van der Waals surface area contributed by atoms with Crippen molar-refractivity contribution in [1.82, 2.24) is 9.62 Å². The minimum atomic E-state index is -3.49. The number of ether oxygens (including phenoxy) is 1. The molecule has 31 heavy (non-hydrogen) atoms. The zero-order chi connectivity index (χ0) is 22.6. The number of carbonyl (C=O) groups is 1. The molecule has 1 heterocycles. The largest absolute Gasteiger partial charge is 0.484 e. The molecule has 0 aliphatic carbocycles. The summed E-state index contributed by atoms with van der Waals surface area (Å²) in [5.41, 5.74) is 3.44. The Morgan fingerprint density at radius 1 is 1.10 bits per heavy atom. The third kappa shape index (κ3) is 5.86. The Balaban J connectivity index is 1.48. The molecule has 1 aliphatic heterocycles. The van der Waals surface area contributed by atoms with Gasteiger partial charge in [-0.05, 0) is 68.0 Å². The van der Waals surface area contributed by atoms with Crippen LogP contribution in [0.5, 0.6) is 5.75 Å². The van der Waals surface area contributed by atoms with E-state index in [0.29, 0.717) is 42.5 Å². The van der Waals surface area contributed by atoms with Gasteiger partial charge >= 0.3 is 0 Å². The van der Waals surface area contributed by atoms with Crippen molar-refractivity contribution in [3.05, 3.63) is 59.2 Å². The summed E-state index contributed by atoms with van der Waals surface area (Å²) < 4.78 is 32.7. The van der Waals surface area contributed by atoms with Crippen LogP contribution >= 0.6 is 0 Å². The normalized spacial score (nSPS) is 15.8. The average molecular weight is 445 g/mol. The average Bonchev–Trinajstić information content (AvgIpc) is 2.73. The third-order valence-corrected chi connectivity index (χ3v) is 7.62. The number of amides is 1. The topological polar surface area (TPSA) is 75.7 Å². The van der Waals surface area contributed by atoms with Crippen molar-refractivity contribution in [3.63, 3.8) is 0 Å². The summed E-state index contributed by atoms with van der Waals surface area (Å²) in [6, 6.07) is 12.7. The summed E-state index contributed by atoms with van der Waals surface area (Å²) in [6.07, 6.45) is 1.16. The smallest absolute Gasteiger partial charge is 0.258 e. The van der Waals surface area contributed by atoms with Crippen molar-refractivity contribution in [1.29, 1.82) is 0 Å². The van der Waals surface area contributed by atoms with Crippen LogP contribution in [-0.4, -0.2) is 44.4 Å². The van der Waals surface area contributed by atoms with Crippen LogP contribution in [0.1, 0.15) is 49.3 Å². The van der Waals surface area contributed by atoms with Crippen LogP contribution in [0.25, 0.3) is 0 Å². The van der Waals surface area contributed by atoms with Gasteiger partial charge in [-0.25, -0.2) is 8.42 Å². The van der Waals surface area contributed by atoms with Crippen molar-refractivity contribution in [2.24, 2.45) is 0 Å². The lowest BCUT2D eigenvalue weighted by atomic mass is 9.98. The van der Waals surface area contributed by atoms with E-state index in [-0.39, 0.29) is 18.6 Å². The monoisotopic (exact) mass is 444 g/mol. The number of rotatable bonds is 7. The Hall–Kier alpha value is -2.38. The lowest BCUT2D eigenvalue weighted by molar-refractivity contribution is -0.124. The van der Waals surface area contributed by atoms with E-state index in [1.807, 2.05) is 32.0 Å². The molecule has 6 nitrogen and oxygen atoms in total. The van der Waals surface area contributed by atoms with Gasteiger partial charge in [-0.2, -0.15) is 4.31 Å². The van der Waals surface area contributed by atoms with Gasteiger partial charge in [-0.15, -0.1) is 0 Å². The molecule has 1 saturated heterocycles. The number of hydrogen-bond donors (Lipinski definition) is 1. The van der Waals surface area contributed by atoms with E-state index in [2.05, 4.69) is 19.2 Å². The number of sulfonamides is 1. The van der Waals surface area contributed by atoms with E-state index in [9.17, 15) is 13.2 Å². The summed E-state index contributed by atoms with van der Waals surface area (Å²) in [5, 5.41) is 2.97. The van der Waals surface area contributed by atoms with Gasteiger partial charge in [0.25, 0.3) is 5.91 Å². The van der Waals surface area contributed by atoms with Crippen molar-refractivity contribution >= 4 is 15.9 Å². The van der Waals surface area contributed by atoms with Crippen molar-refractivity contribution in [3.8, 4) is 5.75 Å². The van der Waals surface area contributed by atoms with E-state index in [0.717, 1.165) is 11.1 Å². The van der Waals surface area contributed by atoms with Crippen LogP contribution in [0.4, 0.5) is 0 Å². The van der Waals surface area contributed by atoms with Gasteiger partial charge in [-0.3, -0.25) is 4.79 Å². The molecule has 1 amide bonds. The fourth-order valence-electron chi connectivity index (χ4n) is 3.90. The van der Waals surface area contributed by atoms with Crippen LogP contribution < -0.4 is 10.1 Å². The highest BCUT2D eigenvalue weighted by molar-refractivity contribution is 7.89.